The topological polar surface area (TPSA) is 15.3 Å². The smallest absolute Gasteiger partial charge is 0.0107 e. The predicted molar refractivity (Wildman–Crippen MR) is 87.7 cm³/mol. The molecule has 112 valence electrons. The fraction of sp³-hybridized carbons (Fsp3) is 0.667. The Hall–Kier alpha value is -0.860. The van der Waals surface area contributed by atoms with E-state index in [-0.39, 0.29) is 0 Å². The van der Waals surface area contributed by atoms with E-state index in [9.17, 15) is 0 Å². The van der Waals surface area contributed by atoms with Crippen molar-refractivity contribution < 1.29 is 0 Å². The number of nitrogens with one attached hydrogen (secondary N) is 1. The van der Waals surface area contributed by atoms with E-state index in [1.807, 2.05) is 0 Å². The van der Waals surface area contributed by atoms with E-state index in [2.05, 4.69) is 50.9 Å². The van der Waals surface area contributed by atoms with E-state index in [4.69, 9.17) is 0 Å². The fourth-order valence-corrected chi connectivity index (χ4v) is 3.44. The third-order valence-corrected chi connectivity index (χ3v) is 5.00. The molecule has 2 heteroatoms. The van der Waals surface area contributed by atoms with Crippen LogP contribution in [-0.2, 0) is 0 Å². The summed E-state index contributed by atoms with van der Waals surface area (Å²) in [7, 11) is 0. The molecule has 2 nitrogen and oxygen atoms in total. The Bertz CT molecular complexity index is 433. The first-order chi connectivity index (χ1) is 9.50. The van der Waals surface area contributed by atoms with Gasteiger partial charge in [0.25, 0.3) is 0 Å². The highest BCUT2D eigenvalue weighted by Gasteiger charge is 2.17. The second-order valence-corrected chi connectivity index (χ2v) is 6.46. The molecule has 20 heavy (non-hydrogen) atoms. The molecule has 1 N–H and O–H groups in total. The van der Waals surface area contributed by atoms with Gasteiger partial charge in [-0.05, 0) is 74.4 Å². The van der Waals surface area contributed by atoms with Gasteiger partial charge in [-0.15, -0.1) is 0 Å². The van der Waals surface area contributed by atoms with Crippen LogP contribution in [0.15, 0.2) is 6.07 Å². The Labute approximate surface area is 124 Å². The van der Waals surface area contributed by atoms with Crippen LogP contribution in [0.2, 0.25) is 0 Å². The van der Waals surface area contributed by atoms with E-state index in [0.717, 1.165) is 13.1 Å². The molecule has 0 spiro atoms. The second kappa shape index (κ2) is 6.73. The Balaban J connectivity index is 2.06. The summed E-state index contributed by atoms with van der Waals surface area (Å²) in [5, 5.41) is 3.43. The normalized spacial score (nSPS) is 18.2. The van der Waals surface area contributed by atoms with Crippen molar-refractivity contribution in [1.29, 1.82) is 0 Å². The molecule has 0 aliphatic carbocycles. The van der Waals surface area contributed by atoms with Gasteiger partial charge in [0.1, 0.15) is 0 Å². The van der Waals surface area contributed by atoms with Crippen LogP contribution in [0, 0.1) is 27.7 Å². The van der Waals surface area contributed by atoms with Crippen LogP contribution in [0.3, 0.4) is 0 Å². The van der Waals surface area contributed by atoms with Crippen LogP contribution in [0.4, 0.5) is 0 Å². The molecular formula is C18H30N2. The van der Waals surface area contributed by atoms with Crippen molar-refractivity contribution in [3.8, 4) is 0 Å². The number of hydrogen-bond donors (Lipinski definition) is 1. The second-order valence-electron chi connectivity index (χ2n) is 6.46. The zero-order valence-electron chi connectivity index (χ0n) is 13.8. The molecule has 2 rings (SSSR count). The fourth-order valence-electron chi connectivity index (χ4n) is 3.44. The molecule has 1 aliphatic rings. The maximum atomic E-state index is 3.43. The molecular weight excluding hydrogens is 244 g/mol. The third kappa shape index (κ3) is 3.42. The Morgan fingerprint density at radius 3 is 2.15 bits per heavy atom. The summed E-state index contributed by atoms with van der Waals surface area (Å²) >= 11 is 0. The van der Waals surface area contributed by atoms with Gasteiger partial charge < -0.3 is 10.2 Å². The summed E-state index contributed by atoms with van der Waals surface area (Å²) in [5.74, 6) is 0.656. The van der Waals surface area contributed by atoms with Crippen molar-refractivity contribution in [1.82, 2.24) is 10.2 Å². The average Bonchev–Trinajstić information content (AvgIpc) is 2.44. The van der Waals surface area contributed by atoms with E-state index >= 15 is 0 Å². The molecule has 1 saturated heterocycles. The molecule has 1 unspecified atom stereocenters. The van der Waals surface area contributed by atoms with Gasteiger partial charge >= 0.3 is 0 Å². The minimum absolute atomic E-state index is 0.656. The van der Waals surface area contributed by atoms with E-state index in [0.29, 0.717) is 5.92 Å². The first-order valence-electron chi connectivity index (χ1n) is 8.01. The number of benzene rings is 1. The van der Waals surface area contributed by atoms with Crippen molar-refractivity contribution in [2.45, 2.75) is 47.0 Å². The Kier molecular flexibility index (Phi) is 5.22. The third-order valence-electron chi connectivity index (χ3n) is 5.00. The van der Waals surface area contributed by atoms with E-state index < -0.39 is 0 Å². The van der Waals surface area contributed by atoms with Crippen LogP contribution >= 0.6 is 0 Å². The van der Waals surface area contributed by atoms with E-state index in [1.165, 1.54) is 48.3 Å². The molecule has 1 aromatic carbocycles. The summed E-state index contributed by atoms with van der Waals surface area (Å²) < 4.78 is 0. The lowest BCUT2D eigenvalue weighted by Crippen LogP contribution is -2.43. The lowest BCUT2D eigenvalue weighted by atomic mass is 9.85. The van der Waals surface area contributed by atoms with Gasteiger partial charge in [0.15, 0.2) is 0 Å². The first-order valence-corrected chi connectivity index (χ1v) is 8.01. The SMILES string of the molecule is Cc1cc(C)c(C)c(C(C)CCN2CCNCC2)c1C. The zero-order chi connectivity index (χ0) is 14.7. The number of piperazine rings is 1. The molecule has 0 bridgehead atoms. The van der Waals surface area contributed by atoms with Crippen molar-refractivity contribution >= 4 is 0 Å². The number of rotatable bonds is 4. The molecule has 1 atom stereocenters. The van der Waals surface area contributed by atoms with Gasteiger partial charge in [0, 0.05) is 26.2 Å². The quantitative estimate of drug-likeness (QED) is 0.906. The average molecular weight is 274 g/mol. The maximum absolute atomic E-state index is 3.43. The molecule has 1 aliphatic heterocycles. The van der Waals surface area contributed by atoms with Crippen LogP contribution in [-0.4, -0.2) is 37.6 Å². The van der Waals surface area contributed by atoms with Gasteiger partial charge in [-0.2, -0.15) is 0 Å². The highest BCUT2D eigenvalue weighted by atomic mass is 15.2. The Morgan fingerprint density at radius 2 is 1.60 bits per heavy atom. The zero-order valence-corrected chi connectivity index (χ0v) is 13.8. The lowest BCUT2D eigenvalue weighted by Gasteiger charge is -2.29. The van der Waals surface area contributed by atoms with Crippen LogP contribution in [0.25, 0.3) is 0 Å². The molecule has 1 aromatic rings. The standard InChI is InChI=1S/C18H30N2/c1-13(6-9-20-10-7-19-8-11-20)18-16(4)14(2)12-15(3)17(18)5/h12-13,19H,6-11H2,1-5H3. The Morgan fingerprint density at radius 1 is 1.05 bits per heavy atom. The molecule has 0 radical (unpaired) electrons. The minimum Gasteiger partial charge on any atom is -0.314 e. The lowest BCUT2D eigenvalue weighted by molar-refractivity contribution is 0.234. The molecule has 1 fully saturated rings. The highest BCUT2D eigenvalue weighted by molar-refractivity contribution is 5.45. The monoisotopic (exact) mass is 274 g/mol. The van der Waals surface area contributed by atoms with Gasteiger partial charge in [-0.1, -0.05) is 13.0 Å². The van der Waals surface area contributed by atoms with Crippen LogP contribution < -0.4 is 5.32 Å². The summed E-state index contributed by atoms with van der Waals surface area (Å²) in [6.45, 7) is 17.4. The van der Waals surface area contributed by atoms with Gasteiger partial charge in [-0.25, -0.2) is 0 Å². The highest BCUT2D eigenvalue weighted by Crippen LogP contribution is 2.30. The number of hydrogen-bond acceptors (Lipinski definition) is 2. The van der Waals surface area contributed by atoms with E-state index in [1.54, 1.807) is 5.56 Å². The number of aryl methyl sites for hydroxylation is 2. The summed E-state index contributed by atoms with van der Waals surface area (Å²) in [5.41, 5.74) is 7.48. The molecule has 0 saturated carbocycles. The molecule has 0 aromatic heterocycles. The van der Waals surface area contributed by atoms with Crippen molar-refractivity contribution in [2.24, 2.45) is 0 Å². The maximum Gasteiger partial charge on any atom is 0.0107 e. The van der Waals surface area contributed by atoms with Crippen molar-refractivity contribution in [3.05, 3.63) is 33.9 Å². The largest absolute Gasteiger partial charge is 0.314 e. The van der Waals surface area contributed by atoms with Crippen molar-refractivity contribution in [3.63, 3.8) is 0 Å². The van der Waals surface area contributed by atoms with Gasteiger partial charge in [0.05, 0.1) is 0 Å². The predicted octanol–water partition coefficient (Wildman–Crippen LogP) is 3.32. The van der Waals surface area contributed by atoms with Gasteiger partial charge in [-0.3, -0.25) is 0 Å². The minimum atomic E-state index is 0.656. The summed E-state index contributed by atoms with van der Waals surface area (Å²) in [6, 6.07) is 2.33. The van der Waals surface area contributed by atoms with Crippen LogP contribution in [0.5, 0.6) is 0 Å². The molecule has 1 heterocycles. The van der Waals surface area contributed by atoms with Gasteiger partial charge in [0.2, 0.25) is 0 Å². The summed E-state index contributed by atoms with van der Waals surface area (Å²) in [4.78, 5) is 2.60. The van der Waals surface area contributed by atoms with Crippen LogP contribution in [0.1, 0.15) is 47.1 Å². The molecule has 0 amide bonds. The number of nitrogens with zero attached hydrogens (tertiary/aromatic N) is 1. The summed E-state index contributed by atoms with van der Waals surface area (Å²) in [6.07, 6.45) is 1.27. The first kappa shape index (κ1) is 15.5. The van der Waals surface area contributed by atoms with Crippen molar-refractivity contribution in [2.75, 3.05) is 32.7 Å².